The number of hydrogen-bond acceptors (Lipinski definition) is 3. The topological polar surface area (TPSA) is 34.1 Å². The molecule has 1 heterocycles. The first kappa shape index (κ1) is 16.5. The molecule has 0 unspecified atom stereocenters. The molecular formula is C20H19ClN2O. The van der Waals surface area contributed by atoms with Gasteiger partial charge >= 0.3 is 0 Å². The second-order valence-corrected chi connectivity index (χ2v) is 5.96. The summed E-state index contributed by atoms with van der Waals surface area (Å²) in [7, 11) is 0. The van der Waals surface area contributed by atoms with Gasteiger partial charge in [0.1, 0.15) is 12.4 Å². The second kappa shape index (κ2) is 8.48. The predicted molar refractivity (Wildman–Crippen MR) is 97.0 cm³/mol. The van der Waals surface area contributed by atoms with Crippen molar-refractivity contribution in [1.29, 1.82) is 0 Å². The number of aromatic nitrogens is 1. The molecule has 0 aliphatic heterocycles. The molecule has 0 aliphatic carbocycles. The molecule has 1 aromatic heterocycles. The first-order valence-corrected chi connectivity index (χ1v) is 8.23. The molecule has 0 atom stereocenters. The number of rotatable bonds is 7. The van der Waals surface area contributed by atoms with Crippen LogP contribution in [0.3, 0.4) is 0 Å². The highest BCUT2D eigenvalue weighted by atomic mass is 35.5. The minimum absolute atomic E-state index is 0.508. The first-order valence-electron chi connectivity index (χ1n) is 7.85. The van der Waals surface area contributed by atoms with E-state index in [-0.39, 0.29) is 0 Å². The van der Waals surface area contributed by atoms with Gasteiger partial charge in [0.05, 0.1) is 0 Å². The second-order valence-electron chi connectivity index (χ2n) is 5.53. The van der Waals surface area contributed by atoms with E-state index in [4.69, 9.17) is 16.3 Å². The summed E-state index contributed by atoms with van der Waals surface area (Å²) >= 11 is 5.99. The largest absolute Gasteiger partial charge is 0.489 e. The van der Waals surface area contributed by atoms with Crippen molar-refractivity contribution >= 4 is 11.6 Å². The lowest BCUT2D eigenvalue weighted by Crippen LogP contribution is -2.12. The zero-order chi connectivity index (χ0) is 16.6. The van der Waals surface area contributed by atoms with Gasteiger partial charge in [-0.1, -0.05) is 35.9 Å². The first-order chi connectivity index (χ1) is 11.8. The van der Waals surface area contributed by atoms with Crippen molar-refractivity contribution in [2.75, 3.05) is 0 Å². The van der Waals surface area contributed by atoms with E-state index in [9.17, 15) is 0 Å². The van der Waals surface area contributed by atoms with E-state index in [0.29, 0.717) is 6.61 Å². The van der Waals surface area contributed by atoms with Crippen molar-refractivity contribution in [3.8, 4) is 5.75 Å². The van der Waals surface area contributed by atoms with E-state index in [1.807, 2.05) is 48.5 Å². The molecule has 3 aromatic rings. The fraction of sp³-hybridized carbons (Fsp3) is 0.150. The summed E-state index contributed by atoms with van der Waals surface area (Å²) in [5.41, 5.74) is 3.47. The number of ether oxygens (including phenoxy) is 1. The van der Waals surface area contributed by atoms with Crippen molar-refractivity contribution in [2.45, 2.75) is 19.7 Å². The van der Waals surface area contributed by atoms with Gasteiger partial charge in [-0.2, -0.15) is 0 Å². The molecule has 0 bridgehead atoms. The Hall–Kier alpha value is -2.36. The Bertz CT molecular complexity index is 777. The van der Waals surface area contributed by atoms with Gasteiger partial charge in [-0.25, -0.2) is 0 Å². The van der Waals surface area contributed by atoms with Crippen LogP contribution in [-0.2, 0) is 19.7 Å². The zero-order valence-corrected chi connectivity index (χ0v) is 14.0. The summed E-state index contributed by atoms with van der Waals surface area (Å²) in [5.74, 6) is 0.859. The summed E-state index contributed by atoms with van der Waals surface area (Å²) in [6.07, 6.45) is 3.61. The van der Waals surface area contributed by atoms with Crippen LogP contribution in [-0.4, -0.2) is 4.98 Å². The Morgan fingerprint density at radius 2 is 1.58 bits per heavy atom. The van der Waals surface area contributed by atoms with Crippen molar-refractivity contribution in [3.63, 3.8) is 0 Å². The van der Waals surface area contributed by atoms with Gasteiger partial charge in [0.25, 0.3) is 0 Å². The third kappa shape index (κ3) is 5.08. The summed E-state index contributed by atoms with van der Waals surface area (Å²) in [5, 5.41) is 4.15. The molecule has 4 heteroatoms. The van der Waals surface area contributed by atoms with Crippen LogP contribution in [0.2, 0.25) is 5.02 Å². The number of nitrogens with one attached hydrogen (secondary N) is 1. The van der Waals surface area contributed by atoms with Gasteiger partial charge in [0.2, 0.25) is 0 Å². The third-order valence-corrected chi connectivity index (χ3v) is 3.84. The van der Waals surface area contributed by atoms with Gasteiger partial charge < -0.3 is 10.1 Å². The Balaban J connectivity index is 1.52. The SMILES string of the molecule is Clc1cccc(COc2cccc(CNCc3ccncc3)c2)c1. The van der Waals surface area contributed by atoms with Crippen molar-refractivity contribution < 1.29 is 4.74 Å². The van der Waals surface area contributed by atoms with Crippen LogP contribution in [0.15, 0.2) is 73.1 Å². The normalized spacial score (nSPS) is 10.5. The number of nitrogens with zero attached hydrogens (tertiary/aromatic N) is 1. The summed E-state index contributed by atoms with van der Waals surface area (Å²) in [6.45, 7) is 2.11. The average Bonchev–Trinajstić information content (AvgIpc) is 2.61. The van der Waals surface area contributed by atoms with Crippen molar-refractivity contribution in [1.82, 2.24) is 10.3 Å². The highest BCUT2D eigenvalue weighted by Gasteiger charge is 2.00. The minimum atomic E-state index is 0.508. The molecule has 0 amide bonds. The Labute approximate surface area is 147 Å². The molecule has 0 saturated heterocycles. The van der Waals surface area contributed by atoms with Crippen LogP contribution in [0.4, 0.5) is 0 Å². The molecule has 0 fully saturated rings. The summed E-state index contributed by atoms with van der Waals surface area (Å²) < 4.78 is 5.86. The summed E-state index contributed by atoms with van der Waals surface area (Å²) in [4.78, 5) is 4.02. The molecule has 1 N–H and O–H groups in total. The van der Waals surface area contributed by atoms with Crippen molar-refractivity contribution in [2.24, 2.45) is 0 Å². The molecule has 0 spiro atoms. The number of benzene rings is 2. The van der Waals surface area contributed by atoms with Crippen LogP contribution in [0.25, 0.3) is 0 Å². The number of halogens is 1. The molecule has 0 radical (unpaired) electrons. The molecule has 3 rings (SSSR count). The van der Waals surface area contributed by atoms with Gasteiger partial charge in [-0.05, 0) is 53.1 Å². The minimum Gasteiger partial charge on any atom is -0.489 e. The molecule has 24 heavy (non-hydrogen) atoms. The van der Waals surface area contributed by atoms with E-state index in [2.05, 4.69) is 22.4 Å². The van der Waals surface area contributed by atoms with Crippen LogP contribution in [0, 0.1) is 0 Å². The van der Waals surface area contributed by atoms with E-state index in [0.717, 1.165) is 29.4 Å². The van der Waals surface area contributed by atoms with Gasteiger partial charge in [-0.15, -0.1) is 0 Å². The van der Waals surface area contributed by atoms with E-state index < -0.39 is 0 Å². The van der Waals surface area contributed by atoms with Gasteiger partial charge in [0, 0.05) is 30.5 Å². The molecule has 0 aliphatic rings. The van der Waals surface area contributed by atoms with E-state index >= 15 is 0 Å². The van der Waals surface area contributed by atoms with Crippen LogP contribution < -0.4 is 10.1 Å². The Kier molecular flexibility index (Phi) is 5.83. The third-order valence-electron chi connectivity index (χ3n) is 3.60. The highest BCUT2D eigenvalue weighted by molar-refractivity contribution is 6.30. The fourth-order valence-electron chi connectivity index (χ4n) is 2.39. The summed E-state index contributed by atoms with van der Waals surface area (Å²) in [6, 6.07) is 19.9. The van der Waals surface area contributed by atoms with E-state index in [1.165, 1.54) is 11.1 Å². The van der Waals surface area contributed by atoms with Crippen LogP contribution >= 0.6 is 11.6 Å². The maximum atomic E-state index is 5.99. The van der Waals surface area contributed by atoms with E-state index in [1.54, 1.807) is 12.4 Å². The lowest BCUT2D eigenvalue weighted by molar-refractivity contribution is 0.306. The highest BCUT2D eigenvalue weighted by Crippen LogP contribution is 2.17. The lowest BCUT2D eigenvalue weighted by atomic mass is 10.2. The zero-order valence-electron chi connectivity index (χ0n) is 13.3. The van der Waals surface area contributed by atoms with Crippen LogP contribution in [0.5, 0.6) is 5.75 Å². The molecule has 2 aromatic carbocycles. The monoisotopic (exact) mass is 338 g/mol. The predicted octanol–water partition coefficient (Wildman–Crippen LogP) is 4.60. The number of hydrogen-bond donors (Lipinski definition) is 1. The fourth-order valence-corrected chi connectivity index (χ4v) is 2.60. The molecular weight excluding hydrogens is 320 g/mol. The average molecular weight is 339 g/mol. The Morgan fingerprint density at radius 3 is 2.42 bits per heavy atom. The smallest absolute Gasteiger partial charge is 0.120 e. The number of pyridine rings is 1. The van der Waals surface area contributed by atoms with Crippen LogP contribution in [0.1, 0.15) is 16.7 Å². The van der Waals surface area contributed by atoms with Gasteiger partial charge in [-0.3, -0.25) is 4.98 Å². The maximum absolute atomic E-state index is 5.99. The molecule has 122 valence electrons. The van der Waals surface area contributed by atoms with Gasteiger partial charge in [0.15, 0.2) is 0 Å². The Morgan fingerprint density at radius 1 is 0.833 bits per heavy atom. The lowest BCUT2D eigenvalue weighted by Gasteiger charge is -2.09. The maximum Gasteiger partial charge on any atom is 0.120 e. The standard InChI is InChI=1S/C20H19ClN2O/c21-19-5-1-4-18(11-19)15-24-20-6-2-3-17(12-20)14-23-13-16-7-9-22-10-8-16/h1-12,23H,13-15H2. The molecule has 0 saturated carbocycles. The quantitative estimate of drug-likeness (QED) is 0.683. The molecule has 3 nitrogen and oxygen atoms in total. The van der Waals surface area contributed by atoms with Crippen molar-refractivity contribution in [3.05, 3.63) is 94.8 Å².